The number of hydrogen-bond donors (Lipinski definition) is 15. The molecule has 0 saturated carbocycles. The Kier molecular flexibility index (Phi) is 17.5. The molecule has 0 spiro atoms. The molecule has 5 aliphatic rings. The summed E-state index contributed by atoms with van der Waals surface area (Å²) in [4.78, 5) is 59.8. The van der Waals surface area contributed by atoms with E-state index in [9.17, 15) is 90.4 Å². The van der Waals surface area contributed by atoms with Crippen LogP contribution in [-0.4, -0.2) is 215 Å². The van der Waals surface area contributed by atoms with Gasteiger partial charge in [-0.05, 0) is 5.76 Å². The van der Waals surface area contributed by atoms with Gasteiger partial charge in [0.1, 0.15) is 12.2 Å². The predicted octanol–water partition coefficient (Wildman–Crippen LogP) is -11.9. The van der Waals surface area contributed by atoms with Crippen molar-refractivity contribution < 1.29 is 174 Å². The molecule has 0 unspecified atom stereocenters. The van der Waals surface area contributed by atoms with E-state index in [4.69, 9.17) is 49.3 Å². The van der Waals surface area contributed by atoms with Crippen LogP contribution in [-0.2, 0) is 62.7 Å². The summed E-state index contributed by atoms with van der Waals surface area (Å²) in [5, 5.41) is 158. The van der Waals surface area contributed by atoms with Gasteiger partial charge >= 0.3 is 310 Å². The van der Waals surface area contributed by atoms with Crippen LogP contribution in [0.1, 0.15) is 0 Å². The maximum absolute atomic E-state index is 12.3. The third-order valence-electron chi connectivity index (χ3n) is 8.22. The number of cyclic esters (lactones) is 5. The van der Waals surface area contributed by atoms with Crippen molar-refractivity contribution in [2.45, 2.75) is 61.0 Å². The molecule has 340 valence electrons. The summed E-state index contributed by atoms with van der Waals surface area (Å²) in [6.07, 6.45) is -20.3. The molecule has 15 N–H and O–H groups in total. The van der Waals surface area contributed by atoms with E-state index in [-0.39, 0.29) is 29.6 Å². The van der Waals surface area contributed by atoms with E-state index in [1.165, 1.54) is 0 Å². The maximum Gasteiger partial charge on any atom is 1.00 e. The Bertz CT molecular complexity index is 1700. The van der Waals surface area contributed by atoms with Crippen molar-refractivity contribution in [2.24, 2.45) is 0 Å². The molecule has 10 atom stereocenters. The molecule has 0 radical (unpaired) electrons. The molecule has 0 aromatic rings. The van der Waals surface area contributed by atoms with Crippen molar-refractivity contribution in [3.05, 3.63) is 57.6 Å². The van der Waals surface area contributed by atoms with Gasteiger partial charge in [0.25, 0.3) is 0 Å². The largest absolute Gasteiger partial charge is 1.00 e. The van der Waals surface area contributed by atoms with Crippen LogP contribution in [0.4, 0.5) is 0 Å². The van der Waals surface area contributed by atoms with Gasteiger partial charge in [0, 0.05) is 0 Å². The molecule has 62 heavy (non-hydrogen) atoms. The Morgan fingerprint density at radius 2 is 0.613 bits per heavy atom. The van der Waals surface area contributed by atoms with Gasteiger partial charge in [-0.3, -0.25) is 0 Å². The van der Waals surface area contributed by atoms with Crippen LogP contribution >= 0.6 is 0 Å². The molecule has 0 fully saturated rings. The Hall–Kier alpha value is -4.81. The normalized spacial score (nSPS) is 26.2. The van der Waals surface area contributed by atoms with Crippen molar-refractivity contribution >= 4 is 44.5 Å². The standard InChI is InChI=1S/C24H28GeO24.C6H8O6.Na/c26-1-5(30)13-17(9(34)21(38)42-13)46-25(47-18-10(35)22(39)43-14(18)6(31)2-27,48-19-11(36)23(40)44-15(19)7(32)3-28)49-20-12(37)24(41)45-16(20)8(33)4-29;7-1-2(8)5-3(9)4(10)6(11)12-5;/h5-8,13-16,26-37H,1-4H2;2,5,7-10H,1H2;/q;;+1/p-1/t5-,6-,7-,8-,13+,14+,15+,16+;2-,5+;/m00./s1. The van der Waals surface area contributed by atoms with Gasteiger partial charge in [-0.1, -0.05) is 0 Å². The van der Waals surface area contributed by atoms with E-state index in [0.29, 0.717) is 0 Å². The van der Waals surface area contributed by atoms with E-state index in [1.54, 1.807) is 0 Å². The summed E-state index contributed by atoms with van der Waals surface area (Å²) in [7, 11) is 0. The van der Waals surface area contributed by atoms with Crippen LogP contribution in [0.2, 0.25) is 0 Å². The van der Waals surface area contributed by atoms with E-state index in [2.05, 4.69) is 4.74 Å². The monoisotopic (exact) mass is 972 g/mol. The number of ether oxygens (including phenoxy) is 5. The van der Waals surface area contributed by atoms with E-state index < -0.39 is 196 Å². The first kappa shape index (κ1) is 51.5. The summed E-state index contributed by atoms with van der Waals surface area (Å²) in [6, 6.07) is 0. The van der Waals surface area contributed by atoms with Crippen LogP contribution in [0.15, 0.2) is 57.6 Å². The van der Waals surface area contributed by atoms with Gasteiger partial charge in [-0.25, -0.2) is 4.79 Å². The number of hydrogen-bond acceptors (Lipinski definition) is 30. The van der Waals surface area contributed by atoms with E-state index in [1.807, 2.05) is 0 Å². The number of aliphatic hydroxyl groups excluding tert-OH is 15. The van der Waals surface area contributed by atoms with Crippen LogP contribution in [0.5, 0.6) is 0 Å². The number of carbonyl (C=O) groups is 5. The van der Waals surface area contributed by atoms with Crippen LogP contribution in [0.3, 0.4) is 0 Å². The van der Waals surface area contributed by atoms with Crippen LogP contribution < -0.4 is 34.7 Å². The van der Waals surface area contributed by atoms with Crippen LogP contribution in [0.25, 0.3) is 0 Å². The molecule has 32 heteroatoms. The minimum absolute atomic E-state index is 0. The topological polar surface area (TPSA) is 495 Å². The summed E-state index contributed by atoms with van der Waals surface area (Å²) >= 11 is -7.09. The third kappa shape index (κ3) is 10.3. The first-order chi connectivity index (χ1) is 28.6. The predicted molar refractivity (Wildman–Crippen MR) is 173 cm³/mol. The number of aliphatic hydroxyl groups is 15. The molecule has 0 aromatic heterocycles. The molecule has 5 aliphatic heterocycles. The quantitative estimate of drug-likeness (QED) is 0.0344. The van der Waals surface area contributed by atoms with Crippen molar-refractivity contribution in [1.82, 2.24) is 0 Å². The zero-order valence-corrected chi connectivity index (χ0v) is 35.2. The maximum atomic E-state index is 12.3. The second-order valence-electron chi connectivity index (χ2n) is 12.4. The fourth-order valence-electron chi connectivity index (χ4n) is 5.13. The first-order valence-corrected chi connectivity index (χ1v) is 20.1. The number of carbonyl (C=O) groups excluding carboxylic acids is 5. The molecule has 0 aliphatic carbocycles. The van der Waals surface area contributed by atoms with E-state index in [0.717, 1.165) is 0 Å². The molecule has 5 heterocycles. The average molecular weight is 971 g/mol. The SMILES string of the molecule is O=C1O[C@H]([C@@H](O)CO)C([O-])=C1O.O=C1O[C@H]([C@@H](O)CO)C([O][Ge]([O]C2=C(O)C(=O)O[C@@H]2[C@@H](O)CO)([O]C2=C(O)C(=O)O[C@@H]2[C@@H](O)CO)[O]C2=C(O)C(=O)O[C@@H]2[C@@H](O)CO)=C1O.[Na+]. The number of esters is 5. The van der Waals surface area contributed by atoms with Gasteiger partial charge in [0.15, 0.2) is 5.76 Å². The molecule has 0 amide bonds. The van der Waals surface area contributed by atoms with Crippen LogP contribution in [0, 0.1) is 0 Å². The van der Waals surface area contributed by atoms with E-state index >= 15 is 0 Å². The van der Waals surface area contributed by atoms with Gasteiger partial charge in [-0.2, -0.15) is 0 Å². The van der Waals surface area contributed by atoms with Gasteiger partial charge in [-0.15, -0.1) is 0 Å². The Morgan fingerprint density at radius 1 is 0.419 bits per heavy atom. The number of rotatable bonds is 18. The fraction of sp³-hybridized carbons (Fsp3) is 0.500. The minimum atomic E-state index is -7.09. The zero-order valence-electron chi connectivity index (χ0n) is 31.1. The van der Waals surface area contributed by atoms with Crippen molar-refractivity contribution in [3.8, 4) is 0 Å². The molecule has 0 saturated heterocycles. The molecule has 5 rings (SSSR count). The second-order valence-corrected chi connectivity index (χ2v) is 16.2. The Morgan fingerprint density at radius 3 is 0.806 bits per heavy atom. The summed E-state index contributed by atoms with van der Waals surface area (Å²) in [5.74, 6) is -21.0. The Balaban J connectivity index is 0.000000678. The van der Waals surface area contributed by atoms with Gasteiger partial charge in [0.05, 0.1) is 6.61 Å². The zero-order chi connectivity index (χ0) is 45.8. The first-order valence-electron chi connectivity index (χ1n) is 16.7. The smallest absolute Gasteiger partial charge is 1.00 e. The molecule has 0 bridgehead atoms. The molecular weight excluding hydrogens is 936 g/mol. The van der Waals surface area contributed by atoms with Crippen molar-refractivity contribution in [3.63, 3.8) is 0 Å². The molecular formula is C30H35GeNaO30. The third-order valence-corrected chi connectivity index (χ3v) is 12.2. The van der Waals surface area contributed by atoms with Crippen molar-refractivity contribution in [2.75, 3.05) is 33.0 Å². The average Bonchev–Trinajstić information content (AvgIpc) is 3.96. The molecule has 0 aromatic carbocycles. The fourth-order valence-corrected chi connectivity index (χ4v) is 9.71. The van der Waals surface area contributed by atoms with Gasteiger partial charge < -0.3 is 25.2 Å². The van der Waals surface area contributed by atoms with Crippen molar-refractivity contribution in [1.29, 1.82) is 0 Å². The van der Waals surface area contributed by atoms with Gasteiger partial charge in [0.2, 0.25) is 0 Å². The second kappa shape index (κ2) is 21.0. The molecule has 30 nitrogen and oxygen atoms in total. The summed E-state index contributed by atoms with van der Waals surface area (Å²) in [6.45, 7) is -5.55. The summed E-state index contributed by atoms with van der Waals surface area (Å²) in [5.41, 5.74) is 0. The minimum Gasteiger partial charge on any atom is 1.00 e. The summed E-state index contributed by atoms with van der Waals surface area (Å²) < 4.78 is 45.7. The Labute approximate surface area is 368 Å².